The fraction of sp³-hybridized carbons (Fsp3) is 0.926. The lowest BCUT2D eigenvalue weighted by atomic mass is 9.93. The zero-order valence-corrected chi connectivity index (χ0v) is 21.4. The lowest BCUT2D eigenvalue weighted by molar-refractivity contribution is -0.145. The Morgan fingerprint density at radius 2 is 1.03 bits per heavy atom. The van der Waals surface area contributed by atoms with Gasteiger partial charge in [0.1, 0.15) is 0 Å². The summed E-state index contributed by atoms with van der Waals surface area (Å²) in [5, 5.41) is 0. The highest BCUT2D eigenvalue weighted by Crippen LogP contribution is 2.20. The average Bonchev–Trinajstić information content (AvgIpc) is 2.71. The molecule has 0 aromatic rings. The normalized spacial score (nSPS) is 12.4. The predicted octanol–water partition coefficient (Wildman–Crippen LogP) is 7.87. The third-order valence-corrected chi connectivity index (χ3v) is 5.99. The quantitative estimate of drug-likeness (QED) is 0.135. The Morgan fingerprint density at radius 3 is 1.52 bits per heavy atom. The molecule has 0 aliphatic heterocycles. The van der Waals surface area contributed by atoms with E-state index in [9.17, 15) is 9.59 Å². The first-order valence-electron chi connectivity index (χ1n) is 13.2. The van der Waals surface area contributed by atoms with E-state index in [1.54, 1.807) is 0 Å². The van der Waals surface area contributed by atoms with Crippen molar-refractivity contribution in [3.8, 4) is 0 Å². The van der Waals surface area contributed by atoms with Crippen LogP contribution in [-0.4, -0.2) is 25.2 Å². The van der Waals surface area contributed by atoms with Crippen molar-refractivity contribution in [2.45, 2.75) is 131 Å². The van der Waals surface area contributed by atoms with Gasteiger partial charge >= 0.3 is 11.9 Å². The molecule has 0 aliphatic rings. The number of esters is 2. The Kier molecular flexibility index (Phi) is 20.1. The van der Waals surface area contributed by atoms with Crippen LogP contribution in [-0.2, 0) is 19.1 Å². The Bertz CT molecular complexity index is 431. The molecule has 0 bridgehead atoms. The second-order valence-corrected chi connectivity index (χ2v) is 9.99. The first-order valence-corrected chi connectivity index (χ1v) is 13.2. The van der Waals surface area contributed by atoms with Crippen molar-refractivity contribution < 1.29 is 19.1 Å². The maximum atomic E-state index is 11.8. The highest BCUT2D eigenvalue weighted by atomic mass is 16.5. The Morgan fingerprint density at radius 1 is 0.581 bits per heavy atom. The molecule has 184 valence electrons. The van der Waals surface area contributed by atoms with Gasteiger partial charge in [-0.1, -0.05) is 92.4 Å². The summed E-state index contributed by atoms with van der Waals surface area (Å²) in [6.45, 7) is 11.9. The first-order chi connectivity index (χ1) is 14.8. The first kappa shape index (κ1) is 29.9. The molecule has 0 saturated heterocycles. The lowest BCUT2D eigenvalue weighted by Crippen LogP contribution is -2.10. The van der Waals surface area contributed by atoms with E-state index in [4.69, 9.17) is 9.47 Å². The summed E-state index contributed by atoms with van der Waals surface area (Å²) in [5.41, 5.74) is 0. The van der Waals surface area contributed by atoms with Gasteiger partial charge in [0.2, 0.25) is 0 Å². The monoisotopic (exact) mass is 440 g/mol. The van der Waals surface area contributed by atoms with E-state index in [1.165, 1.54) is 44.9 Å². The molecule has 0 fully saturated rings. The fourth-order valence-corrected chi connectivity index (χ4v) is 3.60. The van der Waals surface area contributed by atoms with E-state index < -0.39 is 0 Å². The summed E-state index contributed by atoms with van der Waals surface area (Å²) in [5.74, 6) is 1.76. The van der Waals surface area contributed by atoms with E-state index >= 15 is 0 Å². The molecule has 0 N–H and O–H groups in total. The summed E-state index contributed by atoms with van der Waals surface area (Å²) in [6, 6.07) is 0. The van der Waals surface area contributed by atoms with Crippen molar-refractivity contribution in [1.29, 1.82) is 0 Å². The molecule has 0 aliphatic carbocycles. The van der Waals surface area contributed by atoms with Crippen LogP contribution in [0.1, 0.15) is 131 Å². The molecule has 31 heavy (non-hydrogen) atoms. The molecule has 0 amide bonds. The predicted molar refractivity (Wildman–Crippen MR) is 130 cm³/mol. The van der Waals surface area contributed by atoms with Crippen LogP contribution >= 0.6 is 0 Å². The molecular weight excluding hydrogens is 388 g/mol. The lowest BCUT2D eigenvalue weighted by Gasteiger charge is -2.14. The number of hydrogen-bond acceptors (Lipinski definition) is 4. The van der Waals surface area contributed by atoms with Gasteiger partial charge in [-0.05, 0) is 43.4 Å². The molecule has 0 saturated carbocycles. The van der Waals surface area contributed by atoms with Crippen LogP contribution in [0, 0.1) is 17.8 Å². The number of hydrogen-bond donors (Lipinski definition) is 0. The molecule has 0 heterocycles. The highest BCUT2D eigenvalue weighted by molar-refractivity contribution is 5.69. The minimum Gasteiger partial charge on any atom is -0.466 e. The smallest absolute Gasteiger partial charge is 0.305 e. The van der Waals surface area contributed by atoms with Crippen LogP contribution in [0.4, 0.5) is 0 Å². The molecular formula is C27H52O4. The van der Waals surface area contributed by atoms with Crippen LogP contribution in [0.15, 0.2) is 0 Å². The summed E-state index contributed by atoms with van der Waals surface area (Å²) >= 11 is 0. The minimum absolute atomic E-state index is 0.0251. The van der Waals surface area contributed by atoms with Crippen molar-refractivity contribution >= 4 is 11.9 Å². The summed E-state index contributed by atoms with van der Waals surface area (Å²) in [6.07, 6.45) is 16.1. The third-order valence-electron chi connectivity index (χ3n) is 5.99. The van der Waals surface area contributed by atoms with Crippen molar-refractivity contribution in [1.82, 2.24) is 0 Å². The van der Waals surface area contributed by atoms with Gasteiger partial charge in [0.15, 0.2) is 0 Å². The van der Waals surface area contributed by atoms with Gasteiger partial charge in [-0.2, -0.15) is 0 Å². The SMILES string of the molecule is CCC(CCCCCCCCCCC(=O)OCCC(C)C)CCC(=O)OCCC(C)C. The zero-order valence-electron chi connectivity index (χ0n) is 21.4. The molecule has 0 rings (SSSR count). The van der Waals surface area contributed by atoms with Crippen molar-refractivity contribution in [2.24, 2.45) is 17.8 Å². The second-order valence-electron chi connectivity index (χ2n) is 9.99. The highest BCUT2D eigenvalue weighted by Gasteiger charge is 2.11. The van der Waals surface area contributed by atoms with Gasteiger partial charge in [0.25, 0.3) is 0 Å². The van der Waals surface area contributed by atoms with Crippen LogP contribution in [0.5, 0.6) is 0 Å². The summed E-state index contributed by atoms with van der Waals surface area (Å²) in [7, 11) is 0. The molecule has 4 nitrogen and oxygen atoms in total. The molecule has 0 spiro atoms. The van der Waals surface area contributed by atoms with Crippen molar-refractivity contribution in [3.63, 3.8) is 0 Å². The van der Waals surface area contributed by atoms with Crippen LogP contribution < -0.4 is 0 Å². The van der Waals surface area contributed by atoms with Gasteiger partial charge in [-0.3, -0.25) is 9.59 Å². The number of carbonyl (C=O) groups is 2. The van der Waals surface area contributed by atoms with E-state index in [-0.39, 0.29) is 11.9 Å². The Hall–Kier alpha value is -1.06. The maximum absolute atomic E-state index is 11.8. The van der Waals surface area contributed by atoms with E-state index in [1.807, 2.05) is 0 Å². The van der Waals surface area contributed by atoms with Crippen molar-refractivity contribution in [3.05, 3.63) is 0 Å². The largest absolute Gasteiger partial charge is 0.466 e. The standard InChI is InChI=1S/C27H52O4/c1-6-25(17-18-27(29)31-22-20-24(4)5)15-13-11-9-7-8-10-12-14-16-26(28)30-21-19-23(2)3/h23-25H,6-22H2,1-5H3. The van der Waals surface area contributed by atoms with E-state index in [0.29, 0.717) is 43.8 Å². The Labute approximate surface area is 193 Å². The third kappa shape index (κ3) is 21.9. The van der Waals surface area contributed by atoms with Crippen LogP contribution in [0.2, 0.25) is 0 Å². The zero-order chi connectivity index (χ0) is 23.3. The number of unbranched alkanes of at least 4 members (excludes halogenated alkanes) is 7. The molecule has 1 unspecified atom stereocenters. The van der Waals surface area contributed by atoms with E-state index in [2.05, 4.69) is 34.6 Å². The van der Waals surface area contributed by atoms with Crippen LogP contribution in [0.25, 0.3) is 0 Å². The molecule has 0 aromatic heterocycles. The van der Waals surface area contributed by atoms with Gasteiger partial charge in [0.05, 0.1) is 13.2 Å². The topological polar surface area (TPSA) is 52.6 Å². The fourth-order valence-electron chi connectivity index (χ4n) is 3.60. The second kappa shape index (κ2) is 20.8. The number of carbonyl (C=O) groups excluding carboxylic acids is 2. The summed E-state index contributed by atoms with van der Waals surface area (Å²) < 4.78 is 10.6. The van der Waals surface area contributed by atoms with Gasteiger partial charge < -0.3 is 9.47 Å². The molecule has 0 aromatic carbocycles. The van der Waals surface area contributed by atoms with Crippen LogP contribution in [0.3, 0.4) is 0 Å². The summed E-state index contributed by atoms with van der Waals surface area (Å²) in [4.78, 5) is 23.4. The maximum Gasteiger partial charge on any atom is 0.305 e. The van der Waals surface area contributed by atoms with Crippen molar-refractivity contribution in [2.75, 3.05) is 13.2 Å². The average molecular weight is 441 g/mol. The molecule has 1 atom stereocenters. The van der Waals surface area contributed by atoms with E-state index in [0.717, 1.165) is 38.5 Å². The van der Waals surface area contributed by atoms with Gasteiger partial charge in [-0.15, -0.1) is 0 Å². The number of rotatable bonds is 21. The Balaban J connectivity index is 3.49. The van der Waals surface area contributed by atoms with Gasteiger partial charge in [0, 0.05) is 12.8 Å². The number of ether oxygens (including phenoxy) is 2. The molecule has 0 radical (unpaired) electrons. The minimum atomic E-state index is -0.0325. The molecule has 4 heteroatoms. The van der Waals surface area contributed by atoms with Gasteiger partial charge in [-0.25, -0.2) is 0 Å².